The lowest BCUT2D eigenvalue weighted by atomic mass is 10.3. The number of carbonyl (C=O) groups is 2. The van der Waals surface area contributed by atoms with Gasteiger partial charge in [0.2, 0.25) is 5.76 Å². The molecule has 8 heteroatoms. The maximum Gasteiger partial charge on any atom is 0.374 e. The highest BCUT2D eigenvalue weighted by molar-refractivity contribution is 6.31. The molecule has 0 fully saturated rings. The summed E-state index contributed by atoms with van der Waals surface area (Å²) in [6.45, 7) is 0. The topological polar surface area (TPSA) is 92.4 Å². The second-order valence-corrected chi connectivity index (χ2v) is 3.90. The minimum atomic E-state index is -1.36. The van der Waals surface area contributed by atoms with E-state index in [0.717, 1.165) is 12.1 Å². The van der Waals surface area contributed by atoms with E-state index >= 15 is 0 Å². The lowest BCUT2D eigenvalue weighted by molar-refractivity contribution is 0.0651. The molecule has 0 saturated heterocycles. The van der Waals surface area contributed by atoms with Crippen LogP contribution in [0.25, 0.3) is 0 Å². The van der Waals surface area contributed by atoms with Gasteiger partial charge in [0.1, 0.15) is 5.82 Å². The number of benzene rings is 1. The zero-order chi connectivity index (χ0) is 14.0. The molecule has 1 aromatic carbocycles. The Bertz CT molecular complexity index is 656. The summed E-state index contributed by atoms with van der Waals surface area (Å²) < 4.78 is 17.8. The molecule has 0 unspecified atom stereocenters. The molecule has 2 rings (SSSR count). The highest BCUT2D eigenvalue weighted by atomic mass is 35.5. The van der Waals surface area contributed by atoms with E-state index in [0.29, 0.717) is 0 Å². The van der Waals surface area contributed by atoms with E-state index in [1.54, 1.807) is 0 Å². The molecular weight excluding hydrogens is 279 g/mol. The summed E-state index contributed by atoms with van der Waals surface area (Å²) in [5.41, 5.74) is -0.422. The number of nitrogens with one attached hydrogen (secondary N) is 1. The van der Waals surface area contributed by atoms with Gasteiger partial charge in [-0.2, -0.15) is 0 Å². The molecule has 1 amide bonds. The van der Waals surface area contributed by atoms with Crippen molar-refractivity contribution in [3.63, 3.8) is 0 Å². The van der Waals surface area contributed by atoms with Gasteiger partial charge in [0.15, 0.2) is 5.69 Å². The molecule has 98 valence electrons. The second kappa shape index (κ2) is 5.07. The Balaban J connectivity index is 2.20. The lowest BCUT2D eigenvalue weighted by Gasteiger charge is -2.04. The molecule has 0 atom stereocenters. The molecule has 6 nitrogen and oxygen atoms in total. The predicted octanol–water partition coefficient (Wildman–Crippen LogP) is 2.42. The van der Waals surface area contributed by atoms with Gasteiger partial charge >= 0.3 is 5.97 Å². The number of amides is 1. The highest BCUT2D eigenvalue weighted by Gasteiger charge is 2.17. The fraction of sp³-hybridized carbons (Fsp3) is 0. The minimum Gasteiger partial charge on any atom is -0.475 e. The first kappa shape index (κ1) is 13.0. The number of aromatic carboxylic acids is 1. The number of hydrogen-bond acceptors (Lipinski definition) is 4. The van der Waals surface area contributed by atoms with Crippen molar-refractivity contribution in [2.45, 2.75) is 0 Å². The average molecular weight is 285 g/mol. The number of hydrogen-bond donors (Lipinski definition) is 2. The predicted molar refractivity (Wildman–Crippen MR) is 62.8 cm³/mol. The molecule has 2 N–H and O–H groups in total. The molecule has 0 aliphatic carbocycles. The number of anilines is 1. The fourth-order valence-electron chi connectivity index (χ4n) is 1.26. The monoisotopic (exact) mass is 284 g/mol. The van der Waals surface area contributed by atoms with Crippen molar-refractivity contribution in [1.82, 2.24) is 5.16 Å². The van der Waals surface area contributed by atoms with E-state index < -0.39 is 23.5 Å². The minimum absolute atomic E-state index is 0.141. The van der Waals surface area contributed by atoms with E-state index in [4.69, 9.17) is 16.7 Å². The Morgan fingerprint density at radius 3 is 2.74 bits per heavy atom. The summed E-state index contributed by atoms with van der Waals surface area (Å²) in [5.74, 6) is -3.34. The number of carboxylic acid groups (broad SMARTS) is 1. The SMILES string of the molecule is O=C(Nc1cc(Cl)ccc1F)c1cc(C(=O)O)on1. The third-order valence-electron chi connectivity index (χ3n) is 2.13. The average Bonchev–Trinajstić information content (AvgIpc) is 2.83. The van der Waals surface area contributed by atoms with Crippen LogP contribution in [0.3, 0.4) is 0 Å². The van der Waals surface area contributed by atoms with Crippen molar-refractivity contribution < 1.29 is 23.6 Å². The normalized spacial score (nSPS) is 10.2. The van der Waals surface area contributed by atoms with Crippen LogP contribution in [0.2, 0.25) is 5.02 Å². The third-order valence-corrected chi connectivity index (χ3v) is 2.37. The van der Waals surface area contributed by atoms with Gasteiger partial charge in [-0.15, -0.1) is 0 Å². The number of aromatic nitrogens is 1. The van der Waals surface area contributed by atoms with Crippen molar-refractivity contribution in [2.75, 3.05) is 5.32 Å². The van der Waals surface area contributed by atoms with Crippen molar-refractivity contribution in [3.05, 3.63) is 46.6 Å². The Kier molecular flexibility index (Phi) is 3.48. The zero-order valence-electron chi connectivity index (χ0n) is 9.18. The zero-order valence-corrected chi connectivity index (χ0v) is 9.94. The third kappa shape index (κ3) is 2.89. The largest absolute Gasteiger partial charge is 0.475 e. The van der Waals surface area contributed by atoms with Gasteiger partial charge < -0.3 is 14.9 Å². The summed E-state index contributed by atoms with van der Waals surface area (Å²) in [4.78, 5) is 22.2. The van der Waals surface area contributed by atoms with Crippen LogP contribution in [0.15, 0.2) is 28.8 Å². The van der Waals surface area contributed by atoms with Gasteiger partial charge in [0.25, 0.3) is 5.91 Å². The molecule has 0 aliphatic rings. The number of halogens is 2. The van der Waals surface area contributed by atoms with Crippen molar-refractivity contribution >= 4 is 29.2 Å². The molecule has 1 heterocycles. The van der Waals surface area contributed by atoms with Crippen LogP contribution < -0.4 is 5.32 Å². The number of nitrogens with zero attached hydrogens (tertiary/aromatic N) is 1. The molecule has 19 heavy (non-hydrogen) atoms. The van der Waals surface area contributed by atoms with Gasteiger partial charge in [0.05, 0.1) is 5.69 Å². The summed E-state index contributed by atoms with van der Waals surface area (Å²) in [6, 6.07) is 4.56. The molecule has 0 aliphatic heterocycles. The summed E-state index contributed by atoms with van der Waals surface area (Å²) in [7, 11) is 0. The van der Waals surface area contributed by atoms with E-state index in [1.807, 2.05) is 0 Å². The molecule has 2 aromatic rings. The van der Waals surface area contributed by atoms with E-state index in [1.165, 1.54) is 12.1 Å². The lowest BCUT2D eigenvalue weighted by Crippen LogP contribution is -2.13. The van der Waals surface area contributed by atoms with Crippen LogP contribution in [0.5, 0.6) is 0 Å². The van der Waals surface area contributed by atoms with Crippen LogP contribution in [0.4, 0.5) is 10.1 Å². The van der Waals surface area contributed by atoms with Gasteiger partial charge in [-0.25, -0.2) is 9.18 Å². The van der Waals surface area contributed by atoms with Gasteiger partial charge in [-0.3, -0.25) is 4.79 Å². The van der Waals surface area contributed by atoms with Crippen LogP contribution >= 0.6 is 11.6 Å². The Morgan fingerprint density at radius 2 is 2.11 bits per heavy atom. The Hall–Kier alpha value is -2.41. The first-order chi connectivity index (χ1) is 8.97. The second-order valence-electron chi connectivity index (χ2n) is 3.46. The molecule has 0 spiro atoms. The van der Waals surface area contributed by atoms with Crippen molar-refractivity contribution in [1.29, 1.82) is 0 Å². The van der Waals surface area contributed by atoms with Gasteiger partial charge in [0, 0.05) is 11.1 Å². The fourth-order valence-corrected chi connectivity index (χ4v) is 1.43. The standard InChI is InChI=1S/C11H6ClFN2O4/c12-5-1-2-6(13)7(3-5)14-10(16)8-4-9(11(17)18)19-15-8/h1-4H,(H,14,16)(H,17,18). The summed E-state index contributed by atoms with van der Waals surface area (Å²) in [5, 5.41) is 14.3. The van der Waals surface area contributed by atoms with Gasteiger partial charge in [-0.1, -0.05) is 16.8 Å². The molecule has 0 bridgehead atoms. The number of carbonyl (C=O) groups excluding carboxylic acids is 1. The van der Waals surface area contributed by atoms with E-state index in [-0.39, 0.29) is 16.4 Å². The van der Waals surface area contributed by atoms with Crippen LogP contribution in [0.1, 0.15) is 21.0 Å². The van der Waals surface area contributed by atoms with Gasteiger partial charge in [-0.05, 0) is 18.2 Å². The highest BCUT2D eigenvalue weighted by Crippen LogP contribution is 2.20. The first-order valence-electron chi connectivity index (χ1n) is 4.94. The van der Waals surface area contributed by atoms with E-state index in [9.17, 15) is 14.0 Å². The van der Waals surface area contributed by atoms with E-state index in [2.05, 4.69) is 15.0 Å². The molecule has 1 aromatic heterocycles. The van der Waals surface area contributed by atoms with Crippen LogP contribution in [0, 0.1) is 5.82 Å². The maximum atomic E-state index is 13.4. The number of carboxylic acids is 1. The summed E-state index contributed by atoms with van der Waals surface area (Å²) in [6.07, 6.45) is 0. The molecule has 0 radical (unpaired) electrons. The number of rotatable bonds is 3. The van der Waals surface area contributed by atoms with Crippen molar-refractivity contribution in [3.8, 4) is 0 Å². The van der Waals surface area contributed by atoms with Crippen molar-refractivity contribution in [2.24, 2.45) is 0 Å². The van der Waals surface area contributed by atoms with Crippen LogP contribution in [-0.4, -0.2) is 22.1 Å². The molecular formula is C11H6ClFN2O4. The smallest absolute Gasteiger partial charge is 0.374 e. The quantitative estimate of drug-likeness (QED) is 0.903. The Labute approximate surface area is 110 Å². The molecule has 0 saturated carbocycles. The maximum absolute atomic E-state index is 13.4. The first-order valence-corrected chi connectivity index (χ1v) is 5.31. The van der Waals surface area contributed by atoms with Crippen LogP contribution in [-0.2, 0) is 0 Å². The Morgan fingerprint density at radius 1 is 1.37 bits per heavy atom. The summed E-state index contributed by atoms with van der Waals surface area (Å²) >= 11 is 5.66.